The Kier molecular flexibility index (Phi) is 6.84. The maximum atomic E-state index is 12.6. The number of ether oxygens (including phenoxy) is 1. The van der Waals surface area contributed by atoms with Gasteiger partial charge < -0.3 is 10.1 Å². The van der Waals surface area contributed by atoms with E-state index in [4.69, 9.17) is 27.9 Å². The molecule has 2 aromatic rings. The average Bonchev–Trinajstić information content (AvgIpc) is 2.98. The summed E-state index contributed by atoms with van der Waals surface area (Å²) in [4.78, 5) is 38.3. The van der Waals surface area contributed by atoms with E-state index < -0.39 is 11.1 Å². The Morgan fingerprint density at radius 1 is 1.21 bits per heavy atom. The van der Waals surface area contributed by atoms with E-state index >= 15 is 0 Å². The first kappa shape index (κ1) is 21.2. The predicted molar refractivity (Wildman–Crippen MR) is 114 cm³/mol. The SMILES string of the molecule is COc1cccc(C(=O)NCCN2C(=O)S/C(=C\c3cccc(Cl)c3Cl)C2=O)c1. The number of methoxy groups -OCH3 is 1. The molecule has 9 heteroatoms. The summed E-state index contributed by atoms with van der Waals surface area (Å²) in [6.07, 6.45) is 1.54. The molecular formula is C20H16Cl2N2O4S. The molecule has 6 nitrogen and oxygen atoms in total. The second kappa shape index (κ2) is 9.35. The van der Waals surface area contributed by atoms with Crippen molar-refractivity contribution in [3.05, 3.63) is 68.5 Å². The van der Waals surface area contributed by atoms with Crippen LogP contribution >= 0.6 is 35.0 Å². The Labute approximate surface area is 181 Å². The van der Waals surface area contributed by atoms with Crippen LogP contribution in [0.2, 0.25) is 10.0 Å². The van der Waals surface area contributed by atoms with Crippen LogP contribution in [0, 0.1) is 0 Å². The van der Waals surface area contributed by atoms with Crippen molar-refractivity contribution >= 4 is 58.1 Å². The highest BCUT2D eigenvalue weighted by Gasteiger charge is 2.34. The summed E-state index contributed by atoms with van der Waals surface area (Å²) in [5.41, 5.74) is 0.977. The fourth-order valence-corrected chi connectivity index (χ4v) is 3.83. The number of hydrogen-bond acceptors (Lipinski definition) is 5. The van der Waals surface area contributed by atoms with E-state index in [-0.39, 0.29) is 23.9 Å². The van der Waals surface area contributed by atoms with Crippen LogP contribution in [-0.2, 0) is 4.79 Å². The minimum Gasteiger partial charge on any atom is -0.497 e. The third kappa shape index (κ3) is 4.93. The zero-order chi connectivity index (χ0) is 21.0. The maximum Gasteiger partial charge on any atom is 0.293 e. The second-order valence-corrected chi connectivity index (χ2v) is 7.74. The quantitative estimate of drug-likeness (QED) is 0.656. The summed E-state index contributed by atoms with van der Waals surface area (Å²) in [5.74, 6) is -0.197. The molecular weight excluding hydrogens is 435 g/mol. The zero-order valence-electron chi connectivity index (χ0n) is 15.3. The molecule has 2 aromatic carbocycles. The molecule has 0 saturated carbocycles. The summed E-state index contributed by atoms with van der Waals surface area (Å²) in [7, 11) is 1.51. The number of thioether (sulfide) groups is 1. The molecule has 1 saturated heterocycles. The van der Waals surface area contributed by atoms with Crippen molar-refractivity contribution in [3.8, 4) is 5.75 Å². The van der Waals surface area contributed by atoms with Crippen LogP contribution < -0.4 is 10.1 Å². The Bertz CT molecular complexity index is 1010. The molecule has 0 spiro atoms. The largest absolute Gasteiger partial charge is 0.497 e. The van der Waals surface area contributed by atoms with Crippen molar-refractivity contribution in [2.24, 2.45) is 0 Å². The van der Waals surface area contributed by atoms with E-state index in [1.54, 1.807) is 42.5 Å². The molecule has 1 aliphatic rings. The highest BCUT2D eigenvalue weighted by molar-refractivity contribution is 8.18. The monoisotopic (exact) mass is 450 g/mol. The molecule has 1 heterocycles. The van der Waals surface area contributed by atoms with E-state index in [1.165, 1.54) is 13.2 Å². The van der Waals surface area contributed by atoms with Crippen LogP contribution in [0.5, 0.6) is 5.75 Å². The van der Waals surface area contributed by atoms with E-state index in [0.717, 1.165) is 16.7 Å². The summed E-state index contributed by atoms with van der Waals surface area (Å²) in [6.45, 7) is 0.181. The van der Waals surface area contributed by atoms with Crippen molar-refractivity contribution in [2.45, 2.75) is 0 Å². The molecule has 0 bridgehead atoms. The number of nitrogens with zero attached hydrogens (tertiary/aromatic N) is 1. The molecule has 150 valence electrons. The van der Waals surface area contributed by atoms with Gasteiger partial charge in [-0.05, 0) is 47.7 Å². The average molecular weight is 451 g/mol. The van der Waals surface area contributed by atoms with Gasteiger partial charge in [-0.3, -0.25) is 19.3 Å². The topological polar surface area (TPSA) is 75.7 Å². The highest BCUT2D eigenvalue weighted by Crippen LogP contribution is 2.34. The number of amides is 3. The van der Waals surface area contributed by atoms with Crippen LogP contribution in [-0.4, -0.2) is 42.2 Å². The molecule has 3 amide bonds. The van der Waals surface area contributed by atoms with Gasteiger partial charge in [0.25, 0.3) is 17.1 Å². The summed E-state index contributed by atoms with van der Waals surface area (Å²) in [6, 6.07) is 11.7. The lowest BCUT2D eigenvalue weighted by Gasteiger charge is -2.13. The van der Waals surface area contributed by atoms with Crippen molar-refractivity contribution in [3.63, 3.8) is 0 Å². The van der Waals surface area contributed by atoms with Gasteiger partial charge in [-0.25, -0.2) is 0 Å². The Balaban J connectivity index is 1.62. The van der Waals surface area contributed by atoms with Crippen molar-refractivity contribution in [1.82, 2.24) is 10.2 Å². The standard InChI is InChI=1S/C20H16Cl2N2O4S/c1-28-14-6-2-5-13(10-14)18(25)23-8-9-24-19(26)16(29-20(24)27)11-12-4-3-7-15(21)17(12)22/h2-7,10-11H,8-9H2,1H3,(H,23,25)/b16-11-. The number of hydrogen-bond donors (Lipinski definition) is 1. The van der Waals surface area contributed by atoms with Gasteiger partial charge in [0.1, 0.15) is 5.75 Å². The molecule has 0 atom stereocenters. The Hall–Kier alpha value is -2.48. The Morgan fingerprint density at radius 2 is 1.97 bits per heavy atom. The van der Waals surface area contributed by atoms with Gasteiger partial charge in [-0.15, -0.1) is 0 Å². The third-order valence-corrected chi connectivity index (χ3v) is 5.84. The van der Waals surface area contributed by atoms with Crippen molar-refractivity contribution in [2.75, 3.05) is 20.2 Å². The summed E-state index contributed by atoms with van der Waals surface area (Å²) < 4.78 is 5.09. The number of imide groups is 1. The van der Waals surface area contributed by atoms with E-state index in [9.17, 15) is 14.4 Å². The van der Waals surface area contributed by atoms with E-state index in [2.05, 4.69) is 5.32 Å². The molecule has 1 aliphatic heterocycles. The second-order valence-electron chi connectivity index (χ2n) is 5.96. The van der Waals surface area contributed by atoms with Gasteiger partial charge in [0.15, 0.2) is 0 Å². The molecule has 0 unspecified atom stereocenters. The van der Waals surface area contributed by atoms with Crippen LogP contribution in [0.4, 0.5) is 4.79 Å². The maximum absolute atomic E-state index is 12.6. The van der Waals surface area contributed by atoms with Gasteiger partial charge in [0.05, 0.1) is 22.1 Å². The van der Waals surface area contributed by atoms with Crippen LogP contribution in [0.1, 0.15) is 15.9 Å². The lowest BCUT2D eigenvalue weighted by atomic mass is 10.2. The van der Waals surface area contributed by atoms with Crippen LogP contribution in [0.3, 0.4) is 0 Å². The third-order valence-electron chi connectivity index (χ3n) is 4.09. The number of halogens is 2. The van der Waals surface area contributed by atoms with Crippen LogP contribution in [0.25, 0.3) is 6.08 Å². The lowest BCUT2D eigenvalue weighted by Crippen LogP contribution is -2.37. The molecule has 0 aliphatic carbocycles. The van der Waals surface area contributed by atoms with E-state index in [1.807, 2.05) is 0 Å². The van der Waals surface area contributed by atoms with Crippen molar-refractivity contribution in [1.29, 1.82) is 0 Å². The normalized spacial score (nSPS) is 15.1. The fourth-order valence-electron chi connectivity index (χ4n) is 2.61. The predicted octanol–water partition coefficient (Wildman–Crippen LogP) is 4.47. The molecule has 1 fully saturated rings. The fraction of sp³-hybridized carbons (Fsp3) is 0.150. The zero-order valence-corrected chi connectivity index (χ0v) is 17.6. The highest BCUT2D eigenvalue weighted by atomic mass is 35.5. The van der Waals surface area contributed by atoms with Crippen molar-refractivity contribution < 1.29 is 19.1 Å². The Morgan fingerprint density at radius 3 is 2.72 bits per heavy atom. The molecule has 1 N–H and O–H groups in total. The first-order valence-corrected chi connectivity index (χ1v) is 10.1. The molecule has 29 heavy (non-hydrogen) atoms. The smallest absolute Gasteiger partial charge is 0.293 e. The van der Waals surface area contributed by atoms with E-state index in [0.29, 0.717) is 26.9 Å². The number of rotatable bonds is 6. The minimum atomic E-state index is -0.438. The number of nitrogens with one attached hydrogen (secondary N) is 1. The van der Waals surface area contributed by atoms with Gasteiger partial charge in [0, 0.05) is 18.7 Å². The summed E-state index contributed by atoms with van der Waals surface area (Å²) in [5, 5.41) is 2.96. The molecule has 0 radical (unpaired) electrons. The van der Waals surface area contributed by atoms with Crippen LogP contribution in [0.15, 0.2) is 47.4 Å². The number of carbonyl (C=O) groups is 3. The molecule has 3 rings (SSSR count). The number of benzene rings is 2. The summed E-state index contributed by atoms with van der Waals surface area (Å²) >= 11 is 12.9. The first-order chi connectivity index (χ1) is 13.9. The molecule has 0 aromatic heterocycles. The lowest BCUT2D eigenvalue weighted by molar-refractivity contribution is -0.122. The van der Waals surface area contributed by atoms with Gasteiger partial charge in [0.2, 0.25) is 0 Å². The van der Waals surface area contributed by atoms with Gasteiger partial charge >= 0.3 is 0 Å². The van der Waals surface area contributed by atoms with Gasteiger partial charge in [-0.1, -0.05) is 41.4 Å². The number of carbonyl (C=O) groups excluding carboxylic acids is 3. The first-order valence-electron chi connectivity index (χ1n) is 8.52. The van der Waals surface area contributed by atoms with Gasteiger partial charge in [-0.2, -0.15) is 0 Å². The minimum absolute atomic E-state index is 0.0565.